The van der Waals surface area contributed by atoms with Gasteiger partial charge in [-0.1, -0.05) is 26.0 Å². The summed E-state index contributed by atoms with van der Waals surface area (Å²) in [4.78, 5) is 41.4. The van der Waals surface area contributed by atoms with Crippen LogP contribution in [0.15, 0.2) is 30.3 Å². The first-order chi connectivity index (χ1) is 16.3. The number of esters is 1. The fraction of sp³-hybridized carbons (Fsp3) is 0.538. The zero-order valence-corrected chi connectivity index (χ0v) is 20.5. The van der Waals surface area contributed by atoms with Gasteiger partial charge in [-0.15, -0.1) is 0 Å². The first-order valence-corrected chi connectivity index (χ1v) is 12.3. The van der Waals surface area contributed by atoms with E-state index in [-0.39, 0.29) is 42.4 Å². The minimum atomic E-state index is -1.21. The summed E-state index contributed by atoms with van der Waals surface area (Å²) in [5, 5.41) is 7.54. The van der Waals surface area contributed by atoms with Gasteiger partial charge in [0.05, 0.1) is 13.2 Å². The Hall–Kier alpha value is -3.16. The van der Waals surface area contributed by atoms with Gasteiger partial charge < -0.3 is 10.1 Å². The molecule has 1 N–H and O–H groups in total. The van der Waals surface area contributed by atoms with Crippen LogP contribution in [-0.2, 0) is 22.5 Å². The molecule has 2 amide bonds. The summed E-state index contributed by atoms with van der Waals surface area (Å²) in [6.07, 6.45) is 4.83. The number of carbonyl (C=O) groups excluding carboxylic acids is 3. The third kappa shape index (κ3) is 4.45. The van der Waals surface area contributed by atoms with E-state index in [1.54, 1.807) is 18.7 Å². The van der Waals surface area contributed by atoms with E-state index in [0.717, 1.165) is 37.7 Å². The van der Waals surface area contributed by atoms with Gasteiger partial charge in [0.1, 0.15) is 11.2 Å². The highest BCUT2D eigenvalue weighted by atomic mass is 16.5. The Balaban J connectivity index is 1.73. The number of aromatic nitrogens is 2. The normalized spacial score (nSPS) is 24.5. The number of hydrogen-bond donors (Lipinski definition) is 1. The van der Waals surface area contributed by atoms with Crippen LogP contribution < -0.4 is 10.2 Å². The van der Waals surface area contributed by atoms with Crippen LogP contribution in [0.5, 0.6) is 0 Å². The Morgan fingerprint density at radius 2 is 1.91 bits per heavy atom. The van der Waals surface area contributed by atoms with E-state index in [0.29, 0.717) is 11.6 Å². The zero-order chi connectivity index (χ0) is 24.5. The summed E-state index contributed by atoms with van der Waals surface area (Å²) in [5.74, 6) is -0.487. The van der Waals surface area contributed by atoms with Crippen LogP contribution in [-0.4, -0.2) is 45.8 Å². The summed E-state index contributed by atoms with van der Waals surface area (Å²) in [7, 11) is 0. The van der Waals surface area contributed by atoms with Gasteiger partial charge in [0.25, 0.3) is 5.91 Å². The molecule has 2 aliphatic rings. The molecule has 1 aromatic carbocycles. The lowest BCUT2D eigenvalue weighted by Crippen LogP contribution is -2.65. The second kappa shape index (κ2) is 9.60. The predicted octanol–water partition coefficient (Wildman–Crippen LogP) is 3.74. The number of anilines is 1. The third-order valence-corrected chi connectivity index (χ3v) is 7.06. The van der Waals surface area contributed by atoms with Crippen molar-refractivity contribution in [3.63, 3.8) is 0 Å². The molecule has 182 valence electrons. The van der Waals surface area contributed by atoms with E-state index in [1.165, 1.54) is 10.7 Å². The number of amides is 2. The fourth-order valence-corrected chi connectivity index (χ4v) is 4.95. The number of aryl methyl sites for hydroxylation is 1. The van der Waals surface area contributed by atoms with Crippen LogP contribution in [0.2, 0.25) is 0 Å². The van der Waals surface area contributed by atoms with E-state index >= 15 is 0 Å². The predicted molar refractivity (Wildman–Crippen MR) is 129 cm³/mol. The number of nitrogens with zero attached hydrogens (tertiary/aromatic N) is 3. The van der Waals surface area contributed by atoms with Gasteiger partial charge >= 0.3 is 5.97 Å². The van der Waals surface area contributed by atoms with Crippen molar-refractivity contribution >= 4 is 23.5 Å². The highest BCUT2D eigenvalue weighted by Gasteiger charge is 2.49. The number of nitrogens with one attached hydrogen (secondary N) is 1. The summed E-state index contributed by atoms with van der Waals surface area (Å²) in [6, 6.07) is 9.25. The van der Waals surface area contributed by atoms with Crippen molar-refractivity contribution in [2.75, 3.05) is 11.5 Å². The van der Waals surface area contributed by atoms with Gasteiger partial charge in [0.2, 0.25) is 5.91 Å². The Morgan fingerprint density at radius 1 is 1.18 bits per heavy atom. The van der Waals surface area contributed by atoms with Gasteiger partial charge in [0.15, 0.2) is 5.69 Å². The van der Waals surface area contributed by atoms with E-state index < -0.39 is 11.5 Å². The molecule has 0 saturated heterocycles. The maximum atomic E-state index is 13.8. The molecule has 1 aliphatic heterocycles. The molecule has 8 nitrogen and oxygen atoms in total. The summed E-state index contributed by atoms with van der Waals surface area (Å²) in [6.45, 7) is 8.13. The molecular formula is C26H34N4O4. The minimum Gasteiger partial charge on any atom is -0.461 e. The molecule has 4 rings (SSSR count). The van der Waals surface area contributed by atoms with Crippen molar-refractivity contribution in [2.45, 2.75) is 77.9 Å². The molecule has 8 heteroatoms. The summed E-state index contributed by atoms with van der Waals surface area (Å²) < 4.78 is 6.54. The summed E-state index contributed by atoms with van der Waals surface area (Å²) >= 11 is 0. The second-order valence-electron chi connectivity index (χ2n) is 9.66. The van der Waals surface area contributed by atoms with E-state index in [1.807, 2.05) is 31.2 Å². The maximum Gasteiger partial charge on any atom is 0.358 e. The SMILES string of the molecule is CCOC(=O)c1cc2n(n1)C[C@](C)(C(=O)NC1CCC(C)CC1)N(c1cccc(CC)c1)C2=O. The number of carbonyl (C=O) groups is 3. The smallest absolute Gasteiger partial charge is 0.358 e. The van der Waals surface area contributed by atoms with Gasteiger partial charge in [0, 0.05) is 17.8 Å². The highest BCUT2D eigenvalue weighted by Crippen LogP contribution is 2.34. The number of ether oxygens (including phenoxy) is 1. The molecule has 0 bridgehead atoms. The number of fused-ring (bicyclic) bond motifs is 1. The first kappa shape index (κ1) is 24.0. The lowest BCUT2D eigenvalue weighted by atomic mass is 9.86. The topological polar surface area (TPSA) is 93.5 Å². The standard InChI is InChI=1S/C26H34N4O4/c1-5-18-8-7-9-20(14-18)30-23(31)22-15-21(24(32)34-6-2)28-29(22)16-26(30,4)25(33)27-19-12-10-17(3)11-13-19/h7-9,14-15,17,19H,5-6,10-13,16H2,1-4H3,(H,27,33)/t17?,19?,26-/m1/s1. The van der Waals surface area contributed by atoms with Crippen LogP contribution in [0.3, 0.4) is 0 Å². The molecule has 1 aliphatic carbocycles. The Morgan fingerprint density at radius 3 is 2.59 bits per heavy atom. The molecular weight excluding hydrogens is 432 g/mol. The van der Waals surface area contributed by atoms with Gasteiger partial charge in [-0.05, 0) is 69.6 Å². The van der Waals surface area contributed by atoms with Gasteiger partial charge in [-0.2, -0.15) is 5.10 Å². The molecule has 1 aromatic heterocycles. The molecule has 1 atom stereocenters. The minimum absolute atomic E-state index is 0.0679. The highest BCUT2D eigenvalue weighted by molar-refractivity contribution is 6.12. The van der Waals surface area contributed by atoms with Gasteiger partial charge in [-0.25, -0.2) is 4.79 Å². The van der Waals surface area contributed by atoms with Crippen molar-refractivity contribution in [2.24, 2.45) is 5.92 Å². The molecule has 0 spiro atoms. The molecule has 1 saturated carbocycles. The van der Waals surface area contributed by atoms with Crippen molar-refractivity contribution in [1.29, 1.82) is 0 Å². The van der Waals surface area contributed by atoms with Crippen LogP contribution in [0.4, 0.5) is 5.69 Å². The quantitative estimate of drug-likeness (QED) is 0.655. The van der Waals surface area contributed by atoms with Crippen LogP contribution >= 0.6 is 0 Å². The zero-order valence-electron chi connectivity index (χ0n) is 20.5. The lowest BCUT2D eigenvalue weighted by molar-refractivity contribution is -0.127. The average molecular weight is 467 g/mol. The maximum absolute atomic E-state index is 13.8. The van der Waals surface area contributed by atoms with E-state index in [4.69, 9.17) is 4.74 Å². The molecule has 0 radical (unpaired) electrons. The van der Waals surface area contributed by atoms with Crippen molar-refractivity contribution in [1.82, 2.24) is 15.1 Å². The van der Waals surface area contributed by atoms with Crippen LogP contribution in [0.1, 0.15) is 79.9 Å². The largest absolute Gasteiger partial charge is 0.461 e. The van der Waals surface area contributed by atoms with Crippen molar-refractivity contribution in [3.05, 3.63) is 47.3 Å². The van der Waals surface area contributed by atoms with Crippen molar-refractivity contribution in [3.8, 4) is 0 Å². The Labute approximate surface area is 200 Å². The lowest BCUT2D eigenvalue weighted by Gasteiger charge is -2.44. The Bertz CT molecular complexity index is 1090. The molecule has 0 unspecified atom stereocenters. The van der Waals surface area contributed by atoms with Crippen LogP contribution in [0.25, 0.3) is 0 Å². The molecule has 34 heavy (non-hydrogen) atoms. The Kier molecular flexibility index (Phi) is 6.77. The number of rotatable bonds is 6. The van der Waals surface area contributed by atoms with Crippen molar-refractivity contribution < 1.29 is 19.1 Å². The fourth-order valence-electron chi connectivity index (χ4n) is 4.95. The van der Waals surface area contributed by atoms with E-state index in [9.17, 15) is 14.4 Å². The third-order valence-electron chi connectivity index (χ3n) is 7.06. The second-order valence-corrected chi connectivity index (χ2v) is 9.66. The van der Waals surface area contributed by atoms with Gasteiger partial charge in [-0.3, -0.25) is 19.2 Å². The van der Waals surface area contributed by atoms with E-state index in [2.05, 4.69) is 17.3 Å². The average Bonchev–Trinajstić information content (AvgIpc) is 3.25. The monoisotopic (exact) mass is 466 g/mol. The van der Waals surface area contributed by atoms with Crippen LogP contribution in [0, 0.1) is 5.92 Å². The molecule has 2 heterocycles. The summed E-state index contributed by atoms with van der Waals surface area (Å²) in [5.41, 5.74) is 0.849. The molecule has 2 aromatic rings. The molecule has 1 fully saturated rings. The first-order valence-electron chi connectivity index (χ1n) is 12.3. The number of benzene rings is 1. The number of hydrogen-bond acceptors (Lipinski definition) is 5.